The first-order valence-corrected chi connectivity index (χ1v) is 4.77. The van der Waals surface area contributed by atoms with Crippen LogP contribution in [0.5, 0.6) is 0 Å². The van der Waals surface area contributed by atoms with E-state index < -0.39 is 0 Å². The molecule has 88 valence electrons. The van der Waals surface area contributed by atoms with E-state index in [0.29, 0.717) is 5.76 Å². The highest BCUT2D eigenvalue weighted by Crippen LogP contribution is 2.23. The topological polar surface area (TPSA) is 129 Å². The zero-order chi connectivity index (χ0) is 12.3. The maximum absolute atomic E-state index is 5.53. The van der Waals surface area contributed by atoms with E-state index in [1.165, 1.54) is 0 Å². The molecule has 0 amide bonds. The van der Waals surface area contributed by atoms with Crippen molar-refractivity contribution in [2.24, 2.45) is 27.2 Å². The zero-order valence-electron chi connectivity index (χ0n) is 9.56. The Morgan fingerprint density at radius 2 is 1.94 bits per heavy atom. The molecule has 0 aromatic carbocycles. The fourth-order valence-electron chi connectivity index (χ4n) is 1.51. The Kier molecular flexibility index (Phi) is 3.49. The Morgan fingerprint density at radius 1 is 1.31 bits per heavy atom. The van der Waals surface area contributed by atoms with Crippen LogP contribution in [0.4, 0.5) is 0 Å². The number of nitrogens with two attached hydrogens (primary N) is 3. The van der Waals surface area contributed by atoms with Crippen LogP contribution >= 0.6 is 0 Å². The first-order chi connectivity index (χ1) is 7.41. The van der Waals surface area contributed by atoms with Gasteiger partial charge >= 0.3 is 0 Å². The minimum atomic E-state index is -0.200. The van der Waals surface area contributed by atoms with E-state index in [0.717, 1.165) is 11.3 Å². The average molecular weight is 224 g/mol. The molecular weight excluding hydrogens is 208 g/mol. The van der Waals surface area contributed by atoms with Crippen LogP contribution in [0, 0.1) is 13.8 Å². The summed E-state index contributed by atoms with van der Waals surface area (Å²) in [6, 6.07) is -0.200. The van der Waals surface area contributed by atoms with E-state index in [-0.39, 0.29) is 18.0 Å². The van der Waals surface area contributed by atoms with Crippen molar-refractivity contribution in [1.82, 2.24) is 5.16 Å². The Balaban J connectivity index is 2.96. The van der Waals surface area contributed by atoms with Crippen LogP contribution in [0.2, 0.25) is 0 Å². The molecule has 6 N–H and O–H groups in total. The van der Waals surface area contributed by atoms with Crippen molar-refractivity contribution in [3.63, 3.8) is 0 Å². The van der Waals surface area contributed by atoms with Crippen molar-refractivity contribution in [2.75, 3.05) is 0 Å². The second-order valence-corrected chi connectivity index (χ2v) is 3.44. The minimum absolute atomic E-state index is 0.0347. The number of nitrogens with zero attached hydrogens (tertiary/aromatic N) is 3. The van der Waals surface area contributed by atoms with E-state index in [9.17, 15) is 0 Å². The lowest BCUT2D eigenvalue weighted by molar-refractivity contribution is 0.391. The molecule has 0 fully saturated rings. The third kappa shape index (κ3) is 2.72. The van der Waals surface area contributed by atoms with Crippen LogP contribution in [0.25, 0.3) is 0 Å². The molecular formula is C9H16N6O. The number of aryl methyl sites for hydroxylation is 2. The summed E-state index contributed by atoms with van der Waals surface area (Å²) in [5.74, 6) is 0.631. The van der Waals surface area contributed by atoms with Crippen molar-refractivity contribution in [3.05, 3.63) is 17.0 Å². The molecule has 1 heterocycles. The smallest absolute Gasteiger partial charge is 0.219 e. The highest BCUT2D eigenvalue weighted by Gasteiger charge is 2.15. The van der Waals surface area contributed by atoms with E-state index >= 15 is 0 Å². The number of hydrogen-bond donors (Lipinski definition) is 3. The predicted molar refractivity (Wildman–Crippen MR) is 61.8 cm³/mol. The fourth-order valence-corrected chi connectivity index (χ4v) is 1.51. The third-order valence-corrected chi connectivity index (χ3v) is 2.08. The largest absolute Gasteiger partial charge is 0.370 e. The van der Waals surface area contributed by atoms with Crippen LogP contribution in [0.15, 0.2) is 14.5 Å². The van der Waals surface area contributed by atoms with Crippen LogP contribution in [-0.2, 0) is 0 Å². The van der Waals surface area contributed by atoms with Crippen molar-refractivity contribution in [2.45, 2.75) is 26.8 Å². The van der Waals surface area contributed by atoms with Gasteiger partial charge in [0.25, 0.3) is 0 Å². The normalized spacial score (nSPS) is 13.6. The summed E-state index contributed by atoms with van der Waals surface area (Å²) >= 11 is 0. The number of aromatic nitrogens is 1. The van der Waals surface area contributed by atoms with Crippen molar-refractivity contribution < 1.29 is 4.52 Å². The molecule has 7 heteroatoms. The SMILES string of the molecule is Cc1noc(C)c1C(C)N=C(N)N=C(N)N. The molecule has 0 aliphatic heterocycles. The van der Waals surface area contributed by atoms with Gasteiger partial charge in [0.1, 0.15) is 5.76 Å². The summed E-state index contributed by atoms with van der Waals surface area (Å²) in [4.78, 5) is 7.76. The molecule has 0 saturated carbocycles. The molecule has 0 aliphatic rings. The van der Waals surface area contributed by atoms with Gasteiger partial charge in [-0.3, -0.25) is 0 Å². The molecule has 0 spiro atoms. The van der Waals surface area contributed by atoms with Gasteiger partial charge in [0.15, 0.2) is 5.96 Å². The summed E-state index contributed by atoms with van der Waals surface area (Å²) in [5, 5.41) is 3.84. The molecule has 1 atom stereocenters. The van der Waals surface area contributed by atoms with Crippen molar-refractivity contribution in [3.8, 4) is 0 Å². The van der Waals surface area contributed by atoms with Gasteiger partial charge in [0.2, 0.25) is 5.96 Å². The molecule has 1 aromatic rings. The summed E-state index contributed by atoms with van der Waals surface area (Å²) in [6.45, 7) is 5.52. The van der Waals surface area contributed by atoms with E-state index in [4.69, 9.17) is 21.7 Å². The second kappa shape index (κ2) is 4.65. The van der Waals surface area contributed by atoms with Crippen LogP contribution in [-0.4, -0.2) is 17.1 Å². The van der Waals surface area contributed by atoms with E-state index in [2.05, 4.69) is 15.1 Å². The monoisotopic (exact) mass is 224 g/mol. The fraction of sp³-hybridized carbons (Fsp3) is 0.444. The Hall–Kier alpha value is -2.05. The van der Waals surface area contributed by atoms with Crippen LogP contribution in [0.1, 0.15) is 30.0 Å². The lowest BCUT2D eigenvalue weighted by atomic mass is 10.1. The lowest BCUT2D eigenvalue weighted by Crippen LogP contribution is -2.26. The summed E-state index contributed by atoms with van der Waals surface area (Å²) in [6.07, 6.45) is 0. The quantitative estimate of drug-likeness (QED) is 0.478. The van der Waals surface area contributed by atoms with E-state index in [1.54, 1.807) is 0 Å². The minimum Gasteiger partial charge on any atom is -0.370 e. The first kappa shape index (κ1) is 12.0. The molecule has 1 aromatic heterocycles. The van der Waals surface area contributed by atoms with Gasteiger partial charge in [-0.05, 0) is 20.8 Å². The summed E-state index contributed by atoms with van der Waals surface area (Å²) < 4.78 is 5.03. The number of guanidine groups is 2. The Bertz CT molecular complexity index is 410. The van der Waals surface area contributed by atoms with Crippen molar-refractivity contribution >= 4 is 11.9 Å². The van der Waals surface area contributed by atoms with Gasteiger partial charge in [-0.2, -0.15) is 4.99 Å². The maximum atomic E-state index is 5.53. The predicted octanol–water partition coefficient (Wildman–Crippen LogP) is -0.0595. The first-order valence-electron chi connectivity index (χ1n) is 4.77. The molecule has 16 heavy (non-hydrogen) atoms. The number of hydrogen-bond acceptors (Lipinski definition) is 3. The molecule has 0 bridgehead atoms. The van der Waals surface area contributed by atoms with Gasteiger partial charge in [-0.25, -0.2) is 4.99 Å². The van der Waals surface area contributed by atoms with Gasteiger partial charge in [0, 0.05) is 5.56 Å². The second-order valence-electron chi connectivity index (χ2n) is 3.44. The third-order valence-electron chi connectivity index (χ3n) is 2.08. The molecule has 1 rings (SSSR count). The van der Waals surface area contributed by atoms with Gasteiger partial charge in [-0.15, -0.1) is 0 Å². The maximum Gasteiger partial charge on any atom is 0.219 e. The number of aliphatic imine (C=N–C) groups is 2. The van der Waals surface area contributed by atoms with Crippen molar-refractivity contribution in [1.29, 1.82) is 0 Å². The summed E-state index contributed by atoms with van der Waals surface area (Å²) in [5.41, 5.74) is 17.6. The van der Waals surface area contributed by atoms with Gasteiger partial charge in [0.05, 0.1) is 11.7 Å². The van der Waals surface area contributed by atoms with Gasteiger partial charge in [-0.1, -0.05) is 5.16 Å². The highest BCUT2D eigenvalue weighted by atomic mass is 16.5. The molecule has 7 nitrogen and oxygen atoms in total. The van der Waals surface area contributed by atoms with Gasteiger partial charge < -0.3 is 21.7 Å². The zero-order valence-corrected chi connectivity index (χ0v) is 9.56. The van der Waals surface area contributed by atoms with Crippen LogP contribution < -0.4 is 17.2 Å². The lowest BCUT2D eigenvalue weighted by Gasteiger charge is -2.05. The Labute approximate surface area is 93.4 Å². The van der Waals surface area contributed by atoms with Crippen LogP contribution in [0.3, 0.4) is 0 Å². The Morgan fingerprint density at radius 3 is 2.38 bits per heavy atom. The molecule has 0 radical (unpaired) electrons. The highest BCUT2D eigenvalue weighted by molar-refractivity contribution is 5.92. The average Bonchev–Trinajstić information content (AvgIpc) is 2.44. The summed E-state index contributed by atoms with van der Waals surface area (Å²) in [7, 11) is 0. The number of rotatable bonds is 2. The molecule has 1 unspecified atom stereocenters. The molecule has 0 aliphatic carbocycles. The molecule has 0 saturated heterocycles. The van der Waals surface area contributed by atoms with E-state index in [1.807, 2.05) is 20.8 Å². The standard InChI is InChI=1S/C9H16N6O/c1-4(13-9(12)14-8(10)11)7-5(2)15-16-6(7)3/h4H,1-3H3,(H6,10,11,12,13,14).